The first-order valence-corrected chi connectivity index (χ1v) is 11.5. The van der Waals surface area contributed by atoms with Gasteiger partial charge in [0.15, 0.2) is 0 Å². The number of piperidine rings is 1. The lowest BCUT2D eigenvalue weighted by molar-refractivity contribution is 0.0686. The van der Waals surface area contributed by atoms with Crippen LogP contribution >= 0.6 is 0 Å². The highest BCUT2D eigenvalue weighted by molar-refractivity contribution is 6.19. The minimum Gasteiger partial charge on any atom is -0.336 e. The average Bonchev–Trinajstić information content (AvgIpc) is 3.41. The van der Waals surface area contributed by atoms with E-state index < -0.39 is 5.54 Å². The number of carbonyl (C=O) groups is 2. The van der Waals surface area contributed by atoms with E-state index in [9.17, 15) is 9.59 Å². The highest BCUT2D eigenvalue weighted by Gasteiger charge is 2.54. The van der Waals surface area contributed by atoms with E-state index in [1.807, 2.05) is 48.2 Å². The number of aryl methyl sites for hydroxylation is 1. The molecule has 5 rings (SSSR count). The lowest BCUT2D eigenvalue weighted by Crippen LogP contribution is -2.61. The molecule has 1 atom stereocenters. The van der Waals surface area contributed by atoms with Gasteiger partial charge in [-0.25, -0.2) is 4.79 Å². The fourth-order valence-electron chi connectivity index (χ4n) is 5.26. The molecular weight excluding hydrogens is 402 g/mol. The molecule has 0 bridgehead atoms. The number of aromatic nitrogens is 1. The largest absolute Gasteiger partial charge is 0.336 e. The predicted octanol–water partition coefficient (Wildman–Crippen LogP) is 3.94. The van der Waals surface area contributed by atoms with Gasteiger partial charge in [-0.1, -0.05) is 30.5 Å². The third-order valence-electron chi connectivity index (χ3n) is 6.89. The molecule has 1 saturated carbocycles. The lowest BCUT2D eigenvalue weighted by Gasteiger charge is -2.44. The van der Waals surface area contributed by atoms with Crippen molar-refractivity contribution in [3.05, 3.63) is 59.9 Å². The van der Waals surface area contributed by atoms with Crippen molar-refractivity contribution < 1.29 is 9.59 Å². The maximum atomic E-state index is 13.4. The number of amides is 3. The molecule has 7 heteroatoms. The molecule has 0 radical (unpaired) electrons. The summed E-state index contributed by atoms with van der Waals surface area (Å²) in [5.41, 5.74) is 1.83. The number of aliphatic imine (C=N–C) groups is 1. The van der Waals surface area contributed by atoms with Gasteiger partial charge in [0, 0.05) is 18.3 Å². The van der Waals surface area contributed by atoms with E-state index in [1.165, 1.54) is 12.8 Å². The average molecular weight is 432 g/mol. The van der Waals surface area contributed by atoms with Crippen LogP contribution in [0.15, 0.2) is 53.8 Å². The van der Waals surface area contributed by atoms with E-state index in [-0.39, 0.29) is 18.0 Å². The molecule has 1 unspecified atom stereocenters. The van der Waals surface area contributed by atoms with Crippen LogP contribution in [0.1, 0.15) is 54.4 Å². The number of likely N-dealkylation sites (tertiary alicyclic amines) is 1. The van der Waals surface area contributed by atoms with Crippen molar-refractivity contribution in [3.63, 3.8) is 0 Å². The number of carbonyl (C=O) groups excluding carboxylic acids is 2. The predicted molar refractivity (Wildman–Crippen MR) is 124 cm³/mol. The maximum Gasteiger partial charge on any atom is 0.328 e. The van der Waals surface area contributed by atoms with Crippen LogP contribution in [-0.2, 0) is 0 Å². The Bertz CT molecular complexity index is 1030. The Balaban J connectivity index is 1.53. The smallest absolute Gasteiger partial charge is 0.328 e. The molecule has 3 heterocycles. The number of hydrogen-bond acceptors (Lipinski definition) is 4. The van der Waals surface area contributed by atoms with E-state index in [4.69, 9.17) is 4.99 Å². The number of nitrogens with zero attached hydrogens (tertiary/aromatic N) is 4. The summed E-state index contributed by atoms with van der Waals surface area (Å²) in [5, 5.41) is 3.07. The fourth-order valence-corrected chi connectivity index (χ4v) is 5.26. The van der Waals surface area contributed by atoms with Gasteiger partial charge in [0.1, 0.15) is 11.4 Å². The van der Waals surface area contributed by atoms with E-state index in [0.29, 0.717) is 24.5 Å². The quantitative estimate of drug-likeness (QED) is 0.800. The Morgan fingerprint density at radius 1 is 1.16 bits per heavy atom. The Kier molecular flexibility index (Phi) is 5.41. The molecule has 1 aromatic carbocycles. The van der Waals surface area contributed by atoms with Gasteiger partial charge >= 0.3 is 6.03 Å². The molecule has 3 aliphatic rings. The van der Waals surface area contributed by atoms with Crippen molar-refractivity contribution in [2.75, 3.05) is 18.0 Å². The zero-order valence-corrected chi connectivity index (χ0v) is 18.5. The van der Waals surface area contributed by atoms with Crippen LogP contribution in [0.3, 0.4) is 0 Å². The van der Waals surface area contributed by atoms with Gasteiger partial charge in [-0.3, -0.25) is 25.0 Å². The number of pyridine rings is 1. The first-order valence-electron chi connectivity index (χ1n) is 11.5. The number of hydrogen-bond donors (Lipinski definition) is 1. The number of rotatable bonds is 3. The van der Waals surface area contributed by atoms with Gasteiger partial charge in [0.2, 0.25) is 0 Å². The molecule has 7 nitrogen and oxygen atoms in total. The van der Waals surface area contributed by atoms with E-state index in [2.05, 4.69) is 10.3 Å². The summed E-state index contributed by atoms with van der Waals surface area (Å²) in [7, 11) is 0. The van der Waals surface area contributed by atoms with Crippen LogP contribution in [0, 0.1) is 6.92 Å². The summed E-state index contributed by atoms with van der Waals surface area (Å²) in [6.07, 6.45) is 9.41. The van der Waals surface area contributed by atoms with Gasteiger partial charge in [0.25, 0.3) is 5.91 Å². The number of anilines is 1. The highest BCUT2D eigenvalue weighted by atomic mass is 16.2. The Hall–Kier alpha value is -3.22. The number of urea groups is 1. The van der Waals surface area contributed by atoms with Crippen LogP contribution in [-0.4, -0.2) is 52.3 Å². The summed E-state index contributed by atoms with van der Waals surface area (Å²) in [6, 6.07) is 11.4. The molecule has 1 aliphatic carbocycles. The summed E-state index contributed by atoms with van der Waals surface area (Å²) < 4.78 is 0. The van der Waals surface area contributed by atoms with Crippen LogP contribution in [0.4, 0.5) is 10.5 Å². The zero-order valence-electron chi connectivity index (χ0n) is 18.5. The third-order valence-corrected chi connectivity index (χ3v) is 6.89. The Labute approximate surface area is 188 Å². The van der Waals surface area contributed by atoms with Crippen LogP contribution in [0.5, 0.6) is 0 Å². The molecule has 3 fully saturated rings. The van der Waals surface area contributed by atoms with Gasteiger partial charge in [-0.2, -0.15) is 0 Å². The van der Waals surface area contributed by atoms with Gasteiger partial charge in [-0.05, 0) is 56.9 Å². The molecule has 32 heavy (non-hydrogen) atoms. The molecular formula is C25H29N5O2. The van der Waals surface area contributed by atoms with Crippen molar-refractivity contribution in [1.82, 2.24) is 15.2 Å². The first kappa shape index (κ1) is 20.7. The third kappa shape index (κ3) is 3.66. The van der Waals surface area contributed by atoms with E-state index in [1.54, 1.807) is 17.3 Å². The van der Waals surface area contributed by atoms with Crippen molar-refractivity contribution >= 4 is 23.5 Å². The van der Waals surface area contributed by atoms with Gasteiger partial charge < -0.3 is 4.90 Å². The maximum absolute atomic E-state index is 13.4. The number of nitrogens with one attached hydrogen (secondary N) is 1. The Morgan fingerprint density at radius 2 is 1.94 bits per heavy atom. The van der Waals surface area contributed by atoms with Crippen molar-refractivity contribution in [3.8, 4) is 0 Å². The van der Waals surface area contributed by atoms with Crippen molar-refractivity contribution in [2.24, 2.45) is 4.99 Å². The minimum atomic E-state index is -0.693. The normalized spacial score (nSPS) is 25.0. The molecule has 2 aromatic rings. The highest BCUT2D eigenvalue weighted by Crippen LogP contribution is 2.38. The molecule has 1 aromatic heterocycles. The van der Waals surface area contributed by atoms with Gasteiger partial charge in [-0.15, -0.1) is 0 Å². The Morgan fingerprint density at radius 3 is 2.66 bits per heavy atom. The molecule has 166 valence electrons. The second-order valence-electron chi connectivity index (χ2n) is 9.12. The van der Waals surface area contributed by atoms with E-state index in [0.717, 1.165) is 36.9 Å². The minimum absolute atomic E-state index is 0.00484. The molecule has 3 amide bonds. The van der Waals surface area contributed by atoms with Crippen LogP contribution < -0.4 is 10.2 Å². The van der Waals surface area contributed by atoms with Crippen molar-refractivity contribution in [2.45, 2.75) is 57.0 Å². The summed E-state index contributed by atoms with van der Waals surface area (Å²) in [5.74, 6) is 0.703. The molecule has 2 saturated heterocycles. The van der Waals surface area contributed by atoms with Gasteiger partial charge in [0.05, 0.1) is 24.5 Å². The lowest BCUT2D eigenvalue weighted by atomic mass is 9.86. The second-order valence-corrected chi connectivity index (χ2v) is 9.12. The molecule has 1 N–H and O–H groups in total. The standard InChI is InChI=1S/C25H29N5O2/c1-18-9-11-19(12-10-18)22(31)29-15-5-13-25(17-29)23(27-20-6-2-3-7-20)28-24(32)30(25)21-8-4-14-26-16-21/h4,8-12,14,16,20H,2-3,5-7,13,15,17H2,1H3,(H,27,28,32). The monoisotopic (exact) mass is 431 g/mol. The zero-order chi connectivity index (χ0) is 22.1. The SMILES string of the molecule is Cc1ccc(C(=O)N2CCCC3(C2)C(=NC2CCCC2)NC(=O)N3c2cccnc2)cc1. The molecule has 1 spiro atoms. The summed E-state index contributed by atoms with van der Waals surface area (Å²) in [4.78, 5) is 39.5. The second kappa shape index (κ2) is 8.37. The van der Waals surface area contributed by atoms with E-state index >= 15 is 0 Å². The molecule has 2 aliphatic heterocycles. The summed E-state index contributed by atoms with van der Waals surface area (Å²) >= 11 is 0. The first-order chi connectivity index (χ1) is 15.6. The number of amidine groups is 1. The summed E-state index contributed by atoms with van der Waals surface area (Å²) in [6.45, 7) is 3.09. The topological polar surface area (TPSA) is 77.9 Å². The van der Waals surface area contributed by atoms with Crippen LogP contribution in [0.25, 0.3) is 0 Å². The fraction of sp³-hybridized carbons (Fsp3) is 0.440. The number of benzene rings is 1. The van der Waals surface area contributed by atoms with Crippen molar-refractivity contribution in [1.29, 1.82) is 0 Å². The van der Waals surface area contributed by atoms with Crippen LogP contribution in [0.2, 0.25) is 0 Å².